The van der Waals surface area contributed by atoms with Crippen LogP contribution < -0.4 is 0 Å². The van der Waals surface area contributed by atoms with Gasteiger partial charge in [-0.3, -0.25) is 4.98 Å². The third-order valence-corrected chi connectivity index (χ3v) is 8.33. The Bertz CT molecular complexity index is 2420. The first-order chi connectivity index (χ1) is 20.4. The van der Waals surface area contributed by atoms with E-state index in [-0.39, 0.29) is 0 Å². The monoisotopic (exact) mass is 522 g/mol. The van der Waals surface area contributed by atoms with E-state index < -0.39 is 0 Å². The molecule has 0 spiro atoms. The van der Waals surface area contributed by atoms with Gasteiger partial charge in [-0.05, 0) is 51.4 Å². The Morgan fingerprint density at radius 2 is 1.07 bits per heavy atom. The maximum absolute atomic E-state index is 6.58. The van der Waals surface area contributed by atoms with Gasteiger partial charge in [0, 0.05) is 50.5 Å². The fraction of sp³-hybridized carbons (Fsp3) is 0. The number of furan rings is 1. The van der Waals surface area contributed by atoms with Crippen molar-refractivity contribution in [1.82, 2.24) is 9.97 Å². The smallest absolute Gasteiger partial charge is 0.144 e. The molecule has 0 aliphatic rings. The molecule has 0 unspecified atom stereocenters. The normalized spacial score (nSPS) is 11.9. The average Bonchev–Trinajstić information content (AvgIpc) is 3.42. The molecule has 9 aromatic rings. The molecule has 0 fully saturated rings. The fourth-order valence-corrected chi connectivity index (χ4v) is 6.61. The molecular formula is C38H22N2O. The van der Waals surface area contributed by atoms with Crippen molar-refractivity contribution in [2.75, 3.05) is 0 Å². The summed E-state index contributed by atoms with van der Waals surface area (Å²) in [5, 5.41) is 10.2. The molecule has 0 saturated carbocycles. The Kier molecular flexibility index (Phi) is 4.61. The lowest BCUT2D eigenvalue weighted by Crippen LogP contribution is -1.95. The highest BCUT2D eigenvalue weighted by atomic mass is 16.3. The van der Waals surface area contributed by atoms with Crippen molar-refractivity contribution in [2.24, 2.45) is 0 Å². The quantitative estimate of drug-likeness (QED) is 0.167. The predicted molar refractivity (Wildman–Crippen MR) is 170 cm³/mol. The number of aromatic nitrogens is 2. The Hall–Kier alpha value is -5.54. The fourth-order valence-electron chi connectivity index (χ4n) is 6.61. The van der Waals surface area contributed by atoms with Gasteiger partial charge in [-0.15, -0.1) is 0 Å². The van der Waals surface area contributed by atoms with Crippen LogP contribution in [0.25, 0.3) is 87.5 Å². The molecule has 0 bridgehead atoms. The van der Waals surface area contributed by atoms with Crippen LogP contribution >= 0.6 is 0 Å². The summed E-state index contributed by atoms with van der Waals surface area (Å²) in [5.74, 6) is 0. The van der Waals surface area contributed by atoms with Crippen LogP contribution in [0.5, 0.6) is 0 Å². The number of benzene rings is 6. The van der Waals surface area contributed by atoms with Crippen molar-refractivity contribution < 1.29 is 4.42 Å². The van der Waals surface area contributed by atoms with Crippen LogP contribution in [0, 0.1) is 0 Å². The standard InChI is InChI=1S/C38H22N2O/c1-3-14-27-25(12-1)34(23-10-9-21-39-22-23)26-13-2-4-15-28(26)35(27)37-31-20-19-29-24-11-6-8-18-33(24)41-38(29)36(31)30-16-5-7-17-32(30)40-37/h1-22H. The molecule has 0 radical (unpaired) electrons. The highest BCUT2D eigenvalue weighted by Gasteiger charge is 2.22. The molecule has 190 valence electrons. The molecule has 3 aromatic heterocycles. The minimum Gasteiger partial charge on any atom is -0.455 e. The zero-order valence-corrected chi connectivity index (χ0v) is 22.0. The minimum absolute atomic E-state index is 0.897. The molecule has 6 aromatic carbocycles. The lowest BCUT2D eigenvalue weighted by atomic mass is 9.86. The van der Waals surface area contributed by atoms with E-state index in [1.165, 1.54) is 27.1 Å². The summed E-state index contributed by atoms with van der Waals surface area (Å²) in [6.07, 6.45) is 3.78. The van der Waals surface area contributed by atoms with Crippen LogP contribution in [0.4, 0.5) is 0 Å². The van der Waals surface area contributed by atoms with Gasteiger partial charge in [-0.2, -0.15) is 0 Å². The van der Waals surface area contributed by atoms with E-state index in [1.807, 2.05) is 30.6 Å². The van der Waals surface area contributed by atoms with Gasteiger partial charge in [0.2, 0.25) is 0 Å². The second-order valence-electron chi connectivity index (χ2n) is 10.5. The largest absolute Gasteiger partial charge is 0.455 e. The van der Waals surface area contributed by atoms with Crippen LogP contribution in [-0.4, -0.2) is 9.97 Å². The first-order valence-electron chi connectivity index (χ1n) is 13.8. The van der Waals surface area contributed by atoms with Crippen molar-refractivity contribution in [3.63, 3.8) is 0 Å². The summed E-state index contributed by atoms with van der Waals surface area (Å²) in [4.78, 5) is 9.84. The average molecular weight is 523 g/mol. The van der Waals surface area contributed by atoms with E-state index in [4.69, 9.17) is 9.40 Å². The first kappa shape index (κ1) is 22.3. The topological polar surface area (TPSA) is 38.9 Å². The van der Waals surface area contributed by atoms with Gasteiger partial charge in [-0.1, -0.05) is 97.1 Å². The number of pyridine rings is 2. The van der Waals surface area contributed by atoms with Gasteiger partial charge in [0.15, 0.2) is 0 Å². The zero-order chi connectivity index (χ0) is 26.9. The molecule has 0 saturated heterocycles. The second-order valence-corrected chi connectivity index (χ2v) is 10.5. The van der Waals surface area contributed by atoms with E-state index in [9.17, 15) is 0 Å². The van der Waals surface area contributed by atoms with Gasteiger partial charge in [0.05, 0.1) is 11.2 Å². The molecule has 41 heavy (non-hydrogen) atoms. The first-order valence-corrected chi connectivity index (χ1v) is 13.8. The molecule has 0 amide bonds. The van der Waals surface area contributed by atoms with Crippen molar-refractivity contribution in [2.45, 2.75) is 0 Å². The highest BCUT2D eigenvalue weighted by Crippen LogP contribution is 2.47. The maximum Gasteiger partial charge on any atom is 0.144 e. The lowest BCUT2D eigenvalue weighted by molar-refractivity contribution is 0.673. The second kappa shape index (κ2) is 8.48. The lowest BCUT2D eigenvalue weighted by Gasteiger charge is -2.18. The minimum atomic E-state index is 0.897. The zero-order valence-electron chi connectivity index (χ0n) is 22.0. The van der Waals surface area contributed by atoms with Crippen molar-refractivity contribution in [3.8, 4) is 22.4 Å². The number of para-hydroxylation sites is 2. The van der Waals surface area contributed by atoms with Crippen molar-refractivity contribution in [3.05, 3.63) is 134 Å². The molecule has 0 N–H and O–H groups in total. The van der Waals surface area contributed by atoms with Gasteiger partial charge >= 0.3 is 0 Å². The summed E-state index contributed by atoms with van der Waals surface area (Å²) < 4.78 is 6.58. The van der Waals surface area contributed by atoms with Crippen LogP contribution in [0.1, 0.15) is 0 Å². The summed E-state index contributed by atoms with van der Waals surface area (Å²) in [5.41, 5.74) is 7.15. The summed E-state index contributed by atoms with van der Waals surface area (Å²) in [6, 6.07) is 42.6. The van der Waals surface area contributed by atoms with Gasteiger partial charge in [0.25, 0.3) is 0 Å². The Balaban J connectivity index is 1.51. The summed E-state index contributed by atoms with van der Waals surface area (Å²) >= 11 is 0. The molecule has 3 nitrogen and oxygen atoms in total. The molecule has 0 aliphatic heterocycles. The molecule has 0 atom stereocenters. The maximum atomic E-state index is 6.58. The highest BCUT2D eigenvalue weighted by molar-refractivity contribution is 6.28. The Labute approximate surface area is 235 Å². The van der Waals surface area contributed by atoms with Crippen LogP contribution in [0.3, 0.4) is 0 Å². The SMILES string of the molecule is c1cncc(-c2c3ccccc3c(-c3nc4ccccc4c4c3ccc3c5ccccc5oc34)c3ccccc23)c1. The number of rotatable bonds is 2. The summed E-state index contributed by atoms with van der Waals surface area (Å²) in [7, 11) is 0. The van der Waals surface area contributed by atoms with E-state index in [0.717, 1.165) is 60.4 Å². The Morgan fingerprint density at radius 1 is 0.463 bits per heavy atom. The van der Waals surface area contributed by atoms with E-state index in [0.29, 0.717) is 0 Å². The molecule has 3 heterocycles. The van der Waals surface area contributed by atoms with Crippen LogP contribution in [0.2, 0.25) is 0 Å². The van der Waals surface area contributed by atoms with E-state index >= 15 is 0 Å². The summed E-state index contributed by atoms with van der Waals surface area (Å²) in [6.45, 7) is 0. The third kappa shape index (κ3) is 3.14. The molecular weight excluding hydrogens is 500 g/mol. The van der Waals surface area contributed by atoms with Gasteiger partial charge in [-0.25, -0.2) is 4.98 Å². The number of nitrogens with zero attached hydrogens (tertiary/aromatic N) is 2. The number of fused-ring (bicyclic) bond motifs is 9. The van der Waals surface area contributed by atoms with Crippen molar-refractivity contribution >= 4 is 65.2 Å². The molecule has 9 rings (SSSR count). The van der Waals surface area contributed by atoms with Crippen LogP contribution in [-0.2, 0) is 0 Å². The van der Waals surface area contributed by atoms with Gasteiger partial charge < -0.3 is 4.42 Å². The Morgan fingerprint density at radius 3 is 1.78 bits per heavy atom. The van der Waals surface area contributed by atoms with E-state index in [1.54, 1.807) is 0 Å². The third-order valence-electron chi connectivity index (χ3n) is 8.33. The number of hydrogen-bond donors (Lipinski definition) is 0. The molecule has 3 heteroatoms. The predicted octanol–water partition coefficient (Wildman–Crippen LogP) is 10.3. The number of hydrogen-bond acceptors (Lipinski definition) is 3. The molecule has 0 aliphatic carbocycles. The van der Waals surface area contributed by atoms with Gasteiger partial charge in [0.1, 0.15) is 11.2 Å². The van der Waals surface area contributed by atoms with Crippen LogP contribution in [0.15, 0.2) is 138 Å². The van der Waals surface area contributed by atoms with Crippen molar-refractivity contribution in [1.29, 1.82) is 0 Å². The van der Waals surface area contributed by atoms with E-state index in [2.05, 4.69) is 108 Å².